The third-order valence-corrected chi connectivity index (χ3v) is 9.32. The van der Waals surface area contributed by atoms with E-state index in [0.717, 1.165) is 77.6 Å². The lowest BCUT2D eigenvalue weighted by atomic mass is 10.0. The molecule has 6 heteroatoms. The fourth-order valence-corrected chi connectivity index (χ4v) is 7.04. The summed E-state index contributed by atoms with van der Waals surface area (Å²) in [6.45, 7) is 0. The van der Waals surface area contributed by atoms with Crippen molar-refractivity contribution in [1.29, 1.82) is 0 Å². The van der Waals surface area contributed by atoms with Crippen molar-refractivity contribution in [2.45, 2.75) is 0 Å². The molecule has 240 valence electrons. The Morgan fingerprint density at radius 2 is 0.843 bits per heavy atom. The minimum atomic E-state index is 0.566. The molecule has 0 saturated carbocycles. The molecular formula is C45H28N4O2. The summed E-state index contributed by atoms with van der Waals surface area (Å²) in [4.78, 5) is 17.6. The Kier molecular flexibility index (Phi) is 6.70. The first kappa shape index (κ1) is 28.9. The summed E-state index contributed by atoms with van der Waals surface area (Å²) in [6, 6.07) is 57.3. The van der Waals surface area contributed by atoms with Crippen molar-refractivity contribution in [1.82, 2.24) is 15.0 Å². The molecule has 0 amide bonds. The molecule has 0 aliphatic heterocycles. The predicted molar refractivity (Wildman–Crippen MR) is 205 cm³/mol. The third kappa shape index (κ3) is 4.92. The zero-order chi connectivity index (χ0) is 33.7. The molecule has 0 aliphatic carbocycles. The van der Waals surface area contributed by atoms with Gasteiger partial charge in [0, 0.05) is 61.4 Å². The molecule has 3 aromatic heterocycles. The maximum Gasteiger partial charge on any atom is 0.164 e. The number of rotatable bonds is 6. The van der Waals surface area contributed by atoms with E-state index in [-0.39, 0.29) is 0 Å². The van der Waals surface area contributed by atoms with Crippen LogP contribution >= 0.6 is 0 Å². The van der Waals surface area contributed by atoms with E-state index in [1.54, 1.807) is 0 Å². The maximum atomic E-state index is 6.59. The van der Waals surface area contributed by atoms with E-state index in [4.69, 9.17) is 23.8 Å². The van der Waals surface area contributed by atoms with Gasteiger partial charge in [-0.25, -0.2) is 15.0 Å². The van der Waals surface area contributed by atoms with E-state index < -0.39 is 0 Å². The molecule has 0 N–H and O–H groups in total. The summed E-state index contributed by atoms with van der Waals surface area (Å²) in [5, 5.41) is 3.93. The van der Waals surface area contributed by atoms with Gasteiger partial charge in [0.1, 0.15) is 22.3 Å². The Morgan fingerprint density at radius 1 is 0.353 bits per heavy atom. The van der Waals surface area contributed by atoms with E-state index in [0.29, 0.717) is 17.5 Å². The molecule has 0 saturated heterocycles. The van der Waals surface area contributed by atoms with Gasteiger partial charge in [-0.05, 0) is 54.6 Å². The van der Waals surface area contributed by atoms with E-state index in [1.165, 1.54) is 0 Å². The Morgan fingerprint density at radius 3 is 1.47 bits per heavy atom. The van der Waals surface area contributed by atoms with Crippen LogP contribution in [0.15, 0.2) is 179 Å². The van der Waals surface area contributed by atoms with Crippen LogP contribution in [0.5, 0.6) is 0 Å². The zero-order valence-corrected chi connectivity index (χ0v) is 27.3. The van der Waals surface area contributed by atoms with Crippen LogP contribution in [0.3, 0.4) is 0 Å². The van der Waals surface area contributed by atoms with Gasteiger partial charge in [0.25, 0.3) is 0 Å². The highest BCUT2D eigenvalue weighted by Gasteiger charge is 2.21. The topological polar surface area (TPSA) is 68.2 Å². The number of benzene rings is 7. The molecule has 0 bridgehead atoms. The first-order valence-corrected chi connectivity index (χ1v) is 16.9. The molecule has 10 rings (SSSR count). The summed E-state index contributed by atoms with van der Waals surface area (Å²) in [7, 11) is 0. The third-order valence-electron chi connectivity index (χ3n) is 9.32. The fraction of sp³-hybridized carbons (Fsp3) is 0. The summed E-state index contributed by atoms with van der Waals surface area (Å²) < 4.78 is 12.8. The average molecular weight is 657 g/mol. The van der Waals surface area contributed by atoms with Gasteiger partial charge in [-0.3, -0.25) is 0 Å². The highest BCUT2D eigenvalue weighted by Crippen LogP contribution is 2.42. The van der Waals surface area contributed by atoms with Crippen LogP contribution in [-0.4, -0.2) is 15.0 Å². The van der Waals surface area contributed by atoms with Gasteiger partial charge in [0.05, 0.1) is 0 Å². The number of para-hydroxylation sites is 3. The molecule has 0 atom stereocenters. The number of fused-ring (bicyclic) bond motifs is 6. The normalized spacial score (nSPS) is 11.5. The minimum Gasteiger partial charge on any atom is -0.456 e. The Bertz CT molecular complexity index is 2820. The molecule has 10 aromatic rings. The Balaban J connectivity index is 1.18. The smallest absolute Gasteiger partial charge is 0.164 e. The quantitative estimate of drug-likeness (QED) is 0.177. The molecule has 0 unspecified atom stereocenters. The molecule has 3 heterocycles. The molecule has 0 aliphatic rings. The SMILES string of the molecule is c1ccc(-c2nc(-c3cccc4oc5ccccc5c34)nc(-c3cccc4oc5cc(N(c6ccccc6)c6ccccc6)ccc5c34)n2)cc1. The van der Waals surface area contributed by atoms with Crippen molar-refractivity contribution in [2.75, 3.05) is 4.90 Å². The lowest BCUT2D eigenvalue weighted by molar-refractivity contribution is 0.668. The van der Waals surface area contributed by atoms with Crippen molar-refractivity contribution < 1.29 is 8.83 Å². The van der Waals surface area contributed by atoms with E-state index in [1.807, 2.05) is 84.9 Å². The fourth-order valence-electron chi connectivity index (χ4n) is 7.04. The maximum absolute atomic E-state index is 6.59. The van der Waals surface area contributed by atoms with Crippen molar-refractivity contribution >= 4 is 60.9 Å². The number of hydrogen-bond acceptors (Lipinski definition) is 6. The number of anilines is 3. The number of furan rings is 2. The molecular weight excluding hydrogens is 629 g/mol. The van der Waals surface area contributed by atoms with E-state index in [2.05, 4.69) is 89.8 Å². The van der Waals surface area contributed by atoms with Crippen molar-refractivity contribution in [3.63, 3.8) is 0 Å². The summed E-state index contributed by atoms with van der Waals surface area (Å²) in [6.07, 6.45) is 0. The van der Waals surface area contributed by atoms with E-state index >= 15 is 0 Å². The highest BCUT2D eigenvalue weighted by atomic mass is 16.3. The Labute approximate surface area is 292 Å². The van der Waals surface area contributed by atoms with Gasteiger partial charge in [0.2, 0.25) is 0 Å². The molecule has 0 fully saturated rings. The van der Waals surface area contributed by atoms with Gasteiger partial charge < -0.3 is 13.7 Å². The molecule has 0 radical (unpaired) electrons. The number of nitrogens with zero attached hydrogens (tertiary/aromatic N) is 4. The molecule has 0 spiro atoms. The summed E-state index contributed by atoms with van der Waals surface area (Å²) in [5.41, 5.74) is 8.92. The van der Waals surface area contributed by atoms with Gasteiger partial charge in [-0.2, -0.15) is 0 Å². The van der Waals surface area contributed by atoms with Gasteiger partial charge in [-0.15, -0.1) is 0 Å². The summed E-state index contributed by atoms with van der Waals surface area (Å²) >= 11 is 0. The molecule has 51 heavy (non-hydrogen) atoms. The standard InChI is InChI=1S/C45H28N4O2/c1-4-14-29(15-5-1)43-46-44(35-21-12-24-38-41(35)33-20-10-11-23-37(33)50-38)48-45(47-43)36-22-13-25-39-42(36)34-27-26-32(28-40(34)51-39)49(30-16-6-2-7-17-30)31-18-8-3-9-19-31/h1-28H. The first-order chi connectivity index (χ1) is 25.3. The Hall–Kier alpha value is -7.05. The highest BCUT2D eigenvalue weighted by molar-refractivity contribution is 6.13. The van der Waals surface area contributed by atoms with Crippen LogP contribution < -0.4 is 4.90 Å². The lowest BCUT2D eigenvalue weighted by Gasteiger charge is -2.25. The first-order valence-electron chi connectivity index (χ1n) is 16.9. The molecule has 6 nitrogen and oxygen atoms in total. The summed E-state index contributed by atoms with van der Waals surface area (Å²) in [5.74, 6) is 1.73. The van der Waals surface area contributed by atoms with Gasteiger partial charge in [0.15, 0.2) is 17.5 Å². The van der Waals surface area contributed by atoms with Crippen molar-refractivity contribution in [3.05, 3.63) is 170 Å². The molecule has 7 aromatic carbocycles. The monoisotopic (exact) mass is 656 g/mol. The predicted octanol–water partition coefficient (Wildman–Crippen LogP) is 12.1. The van der Waals surface area contributed by atoms with E-state index in [9.17, 15) is 0 Å². The average Bonchev–Trinajstić information content (AvgIpc) is 3.77. The van der Waals surface area contributed by atoms with Crippen molar-refractivity contribution in [2.24, 2.45) is 0 Å². The second-order valence-electron chi connectivity index (χ2n) is 12.4. The van der Waals surface area contributed by atoms with Crippen LogP contribution in [0.25, 0.3) is 78.0 Å². The lowest BCUT2D eigenvalue weighted by Crippen LogP contribution is -2.09. The largest absolute Gasteiger partial charge is 0.456 e. The minimum absolute atomic E-state index is 0.566. The van der Waals surface area contributed by atoms with Gasteiger partial charge >= 0.3 is 0 Å². The number of hydrogen-bond donors (Lipinski definition) is 0. The van der Waals surface area contributed by atoms with Crippen LogP contribution in [-0.2, 0) is 0 Å². The van der Waals surface area contributed by atoms with Crippen LogP contribution in [0, 0.1) is 0 Å². The number of aromatic nitrogens is 3. The second-order valence-corrected chi connectivity index (χ2v) is 12.4. The van der Waals surface area contributed by atoms with Crippen LogP contribution in [0.4, 0.5) is 17.1 Å². The van der Waals surface area contributed by atoms with Crippen LogP contribution in [0.2, 0.25) is 0 Å². The van der Waals surface area contributed by atoms with Gasteiger partial charge in [-0.1, -0.05) is 109 Å². The zero-order valence-electron chi connectivity index (χ0n) is 27.3. The van der Waals surface area contributed by atoms with Crippen molar-refractivity contribution in [3.8, 4) is 34.2 Å². The second kappa shape index (κ2) is 11.8. The van der Waals surface area contributed by atoms with Crippen LogP contribution in [0.1, 0.15) is 0 Å².